The monoisotopic (exact) mass is 248 g/mol. The molecule has 104 valence electrons. The highest BCUT2D eigenvalue weighted by Crippen LogP contribution is 2.72. The Bertz CT molecular complexity index is 292. The molecule has 0 aromatic rings. The van der Waals surface area contributed by atoms with Crippen LogP contribution in [-0.4, -0.2) is 0 Å². The first kappa shape index (κ1) is 13.0. The van der Waals surface area contributed by atoms with Gasteiger partial charge in [-0.25, -0.2) is 0 Å². The molecule has 4 aliphatic carbocycles. The van der Waals surface area contributed by atoms with Crippen molar-refractivity contribution in [1.82, 2.24) is 0 Å². The highest BCUT2D eigenvalue weighted by Gasteiger charge is 2.65. The largest absolute Gasteiger partial charge is 0.0596 e. The minimum absolute atomic E-state index is 0.452. The van der Waals surface area contributed by atoms with E-state index in [1.54, 1.807) is 32.1 Å². The standard InChI is InChI=1S/C18H32/c1-16(2,3)18(17(4,5)6)14-8-12-7-13(10-14)11-15(18)9-12/h12-15H,7-11H2,1-6H3. The van der Waals surface area contributed by atoms with E-state index in [1.165, 1.54) is 0 Å². The zero-order valence-electron chi connectivity index (χ0n) is 13.3. The average Bonchev–Trinajstić information content (AvgIpc) is 2.10. The van der Waals surface area contributed by atoms with Gasteiger partial charge in [-0.15, -0.1) is 0 Å². The first-order valence-corrected chi connectivity index (χ1v) is 8.16. The van der Waals surface area contributed by atoms with Crippen LogP contribution < -0.4 is 0 Å². The summed E-state index contributed by atoms with van der Waals surface area (Å²) in [6, 6.07) is 0. The van der Waals surface area contributed by atoms with Crippen LogP contribution in [0, 0.1) is 39.9 Å². The molecule has 0 atom stereocenters. The van der Waals surface area contributed by atoms with E-state index in [9.17, 15) is 0 Å². The Kier molecular flexibility index (Phi) is 2.57. The summed E-state index contributed by atoms with van der Waals surface area (Å²) in [7, 11) is 0. The van der Waals surface area contributed by atoms with Gasteiger partial charge in [0.25, 0.3) is 0 Å². The van der Waals surface area contributed by atoms with Gasteiger partial charge in [0.2, 0.25) is 0 Å². The second kappa shape index (κ2) is 3.55. The van der Waals surface area contributed by atoms with Crippen molar-refractivity contribution in [1.29, 1.82) is 0 Å². The molecule has 4 aliphatic rings. The van der Waals surface area contributed by atoms with Crippen LogP contribution in [0.5, 0.6) is 0 Å². The Morgan fingerprint density at radius 1 is 0.611 bits per heavy atom. The molecular formula is C18H32. The van der Waals surface area contributed by atoms with Crippen molar-refractivity contribution in [2.45, 2.75) is 73.6 Å². The van der Waals surface area contributed by atoms with Crippen LogP contribution in [-0.2, 0) is 0 Å². The summed E-state index contributed by atoms with van der Waals surface area (Å²) in [5.74, 6) is 4.19. The molecule has 0 aromatic heterocycles. The molecule has 18 heavy (non-hydrogen) atoms. The lowest BCUT2D eigenvalue weighted by Crippen LogP contribution is -2.63. The molecule has 0 unspecified atom stereocenters. The van der Waals surface area contributed by atoms with Crippen LogP contribution in [0.3, 0.4) is 0 Å². The van der Waals surface area contributed by atoms with Gasteiger partial charge in [-0.2, -0.15) is 0 Å². The first-order valence-electron chi connectivity index (χ1n) is 8.16. The van der Waals surface area contributed by atoms with Crippen molar-refractivity contribution in [2.24, 2.45) is 39.9 Å². The highest BCUT2D eigenvalue weighted by molar-refractivity contribution is 5.14. The molecule has 0 saturated heterocycles. The fourth-order valence-electron chi connectivity index (χ4n) is 7.50. The molecule has 0 radical (unpaired) electrons. The number of rotatable bonds is 0. The predicted molar refractivity (Wildman–Crippen MR) is 78.4 cm³/mol. The van der Waals surface area contributed by atoms with Crippen LogP contribution in [0.1, 0.15) is 73.6 Å². The van der Waals surface area contributed by atoms with E-state index in [4.69, 9.17) is 0 Å². The van der Waals surface area contributed by atoms with Crippen LogP contribution in [0.2, 0.25) is 0 Å². The lowest BCUT2D eigenvalue weighted by molar-refractivity contribution is -0.219. The Labute approximate surface area is 114 Å². The molecular weight excluding hydrogens is 216 g/mol. The van der Waals surface area contributed by atoms with Crippen LogP contribution in [0.4, 0.5) is 0 Å². The number of hydrogen-bond acceptors (Lipinski definition) is 0. The third-order valence-electron chi connectivity index (χ3n) is 6.91. The van der Waals surface area contributed by atoms with Gasteiger partial charge in [-0.1, -0.05) is 41.5 Å². The molecule has 4 saturated carbocycles. The van der Waals surface area contributed by atoms with Crippen molar-refractivity contribution in [3.8, 4) is 0 Å². The van der Waals surface area contributed by atoms with Gasteiger partial charge in [0.15, 0.2) is 0 Å². The van der Waals surface area contributed by atoms with Gasteiger partial charge in [-0.3, -0.25) is 0 Å². The summed E-state index contributed by atoms with van der Waals surface area (Å²) in [4.78, 5) is 0. The zero-order chi connectivity index (χ0) is 13.3. The van der Waals surface area contributed by atoms with Crippen molar-refractivity contribution < 1.29 is 0 Å². The first-order chi connectivity index (χ1) is 8.16. The Balaban J connectivity index is 2.10. The van der Waals surface area contributed by atoms with E-state index < -0.39 is 0 Å². The second-order valence-corrected chi connectivity index (χ2v) is 9.67. The second-order valence-electron chi connectivity index (χ2n) is 9.67. The Morgan fingerprint density at radius 2 is 0.944 bits per heavy atom. The minimum Gasteiger partial charge on any atom is -0.0596 e. The molecule has 0 heteroatoms. The molecule has 0 N–H and O–H groups in total. The maximum absolute atomic E-state index is 2.53. The van der Waals surface area contributed by atoms with Gasteiger partial charge >= 0.3 is 0 Å². The Morgan fingerprint density at radius 3 is 1.22 bits per heavy atom. The average molecular weight is 248 g/mol. The van der Waals surface area contributed by atoms with E-state index in [2.05, 4.69) is 41.5 Å². The topological polar surface area (TPSA) is 0 Å². The molecule has 0 amide bonds. The minimum atomic E-state index is 0.452. The van der Waals surface area contributed by atoms with E-state index in [-0.39, 0.29) is 0 Å². The molecule has 0 aromatic carbocycles. The quantitative estimate of drug-likeness (QED) is 0.529. The van der Waals surface area contributed by atoms with Gasteiger partial charge in [0.05, 0.1) is 0 Å². The normalized spacial score (nSPS) is 42.3. The zero-order valence-corrected chi connectivity index (χ0v) is 13.3. The van der Waals surface area contributed by atoms with Gasteiger partial charge in [-0.05, 0) is 72.0 Å². The lowest BCUT2D eigenvalue weighted by atomic mass is 9.34. The van der Waals surface area contributed by atoms with Gasteiger partial charge < -0.3 is 0 Å². The van der Waals surface area contributed by atoms with E-state index in [0.717, 1.165) is 23.7 Å². The fourth-order valence-corrected chi connectivity index (χ4v) is 7.50. The SMILES string of the molecule is CC(C)(C)C1(C(C)(C)C)C2CC3CC(C2)CC1C3. The number of hydrogen-bond donors (Lipinski definition) is 0. The van der Waals surface area contributed by atoms with Gasteiger partial charge in [0.1, 0.15) is 0 Å². The van der Waals surface area contributed by atoms with Crippen LogP contribution >= 0.6 is 0 Å². The van der Waals surface area contributed by atoms with Crippen molar-refractivity contribution in [3.05, 3.63) is 0 Å². The molecule has 0 heterocycles. The van der Waals surface area contributed by atoms with E-state index in [1.807, 2.05) is 0 Å². The van der Waals surface area contributed by atoms with E-state index >= 15 is 0 Å². The maximum atomic E-state index is 2.53. The smallest absolute Gasteiger partial charge is 0.0143 e. The van der Waals surface area contributed by atoms with Crippen molar-refractivity contribution in [2.75, 3.05) is 0 Å². The fraction of sp³-hybridized carbons (Fsp3) is 1.00. The molecule has 4 rings (SSSR count). The van der Waals surface area contributed by atoms with Gasteiger partial charge in [0, 0.05) is 0 Å². The predicted octanol–water partition coefficient (Wildman–Crippen LogP) is 5.52. The molecule has 0 aliphatic heterocycles. The Hall–Kier alpha value is 0. The van der Waals surface area contributed by atoms with Crippen LogP contribution in [0.25, 0.3) is 0 Å². The molecule has 0 spiro atoms. The third-order valence-corrected chi connectivity index (χ3v) is 6.91. The molecule has 0 nitrogen and oxygen atoms in total. The summed E-state index contributed by atoms with van der Waals surface area (Å²) >= 11 is 0. The van der Waals surface area contributed by atoms with Crippen molar-refractivity contribution >= 4 is 0 Å². The van der Waals surface area contributed by atoms with E-state index in [0.29, 0.717) is 16.2 Å². The summed E-state index contributed by atoms with van der Waals surface area (Å²) in [5.41, 5.74) is 1.48. The summed E-state index contributed by atoms with van der Waals surface area (Å²) in [5, 5.41) is 0. The lowest BCUT2D eigenvalue weighted by Gasteiger charge is -2.70. The third kappa shape index (κ3) is 1.44. The van der Waals surface area contributed by atoms with Crippen LogP contribution in [0.15, 0.2) is 0 Å². The summed E-state index contributed by atoms with van der Waals surface area (Å²) in [6.45, 7) is 15.2. The summed E-state index contributed by atoms with van der Waals surface area (Å²) < 4.78 is 0. The van der Waals surface area contributed by atoms with Crippen molar-refractivity contribution in [3.63, 3.8) is 0 Å². The summed E-state index contributed by atoms with van der Waals surface area (Å²) in [6.07, 6.45) is 7.74. The molecule has 4 fully saturated rings. The maximum Gasteiger partial charge on any atom is -0.0143 e. The highest BCUT2D eigenvalue weighted by atomic mass is 14.7. The molecule has 4 bridgehead atoms.